The van der Waals surface area contributed by atoms with Gasteiger partial charge in [0.05, 0.1) is 45.0 Å². The predicted octanol–water partition coefficient (Wildman–Crippen LogP) is 5.54. The Labute approximate surface area is 304 Å². The van der Waals surface area contributed by atoms with E-state index in [4.69, 9.17) is 32.8 Å². The molecule has 0 spiro atoms. The van der Waals surface area contributed by atoms with Gasteiger partial charge >= 0.3 is 11.9 Å². The third-order valence-electron chi connectivity index (χ3n) is 8.58. The Morgan fingerprint density at radius 3 is 2.35 bits per heavy atom. The average Bonchev–Trinajstić information content (AvgIpc) is 3.53. The molecule has 2 amide bonds. The van der Waals surface area contributed by atoms with Crippen LogP contribution in [-0.2, 0) is 36.8 Å². The molecule has 0 bridgehead atoms. The molecule has 2 aliphatic heterocycles. The standard InChI is InChI=1S/C37H36Cl2N4O8/c1-21(2)32(42-34(47)24-13-6-11-23-12-8-16-40-33(23)24)28-19-37(51-43-28,18-22-9-4-3-5-10-22)36(49)41-27(17-30(45)46)29(44)20-50-35(48)31-25(38)14-7-15-26(31)39/h3-7,9-11,13-16,21,27,32H,8,12,17-20H2,1-2H3,(H,41,49)(H,42,47)(H,45,46)/t27-,32-,37?/m0/s1. The van der Waals surface area contributed by atoms with Gasteiger partial charge in [-0.25, -0.2) is 4.79 Å². The van der Waals surface area contributed by atoms with Gasteiger partial charge in [-0.1, -0.05) is 90.7 Å². The van der Waals surface area contributed by atoms with E-state index in [9.17, 15) is 29.1 Å². The average molecular weight is 736 g/mol. The van der Waals surface area contributed by atoms with Crippen LogP contribution in [0.4, 0.5) is 5.69 Å². The molecule has 266 valence electrons. The Morgan fingerprint density at radius 2 is 1.67 bits per heavy atom. The number of carboxylic acid groups (broad SMARTS) is 1. The summed E-state index contributed by atoms with van der Waals surface area (Å²) in [4.78, 5) is 76.0. The van der Waals surface area contributed by atoms with Crippen LogP contribution >= 0.6 is 23.2 Å². The van der Waals surface area contributed by atoms with Crippen molar-refractivity contribution in [3.63, 3.8) is 0 Å². The number of nitrogens with one attached hydrogen (secondary N) is 2. The molecule has 0 radical (unpaired) electrons. The van der Waals surface area contributed by atoms with Crippen LogP contribution in [0.3, 0.4) is 0 Å². The first kappa shape index (κ1) is 37.2. The number of para-hydroxylation sites is 1. The smallest absolute Gasteiger partial charge is 0.341 e. The maximum absolute atomic E-state index is 14.2. The monoisotopic (exact) mass is 734 g/mol. The molecule has 2 heterocycles. The van der Waals surface area contributed by atoms with Crippen molar-refractivity contribution in [2.75, 3.05) is 6.61 Å². The van der Waals surface area contributed by atoms with Gasteiger partial charge in [0.1, 0.15) is 6.04 Å². The molecule has 0 fully saturated rings. The van der Waals surface area contributed by atoms with Gasteiger partial charge < -0.3 is 25.3 Å². The number of amides is 2. The number of aryl methyl sites for hydroxylation is 1. The Balaban J connectivity index is 1.36. The molecule has 14 heteroatoms. The van der Waals surface area contributed by atoms with Gasteiger partial charge in [-0.15, -0.1) is 0 Å². The van der Waals surface area contributed by atoms with Crippen molar-refractivity contribution in [3.8, 4) is 0 Å². The lowest BCUT2D eigenvalue weighted by Gasteiger charge is -2.29. The fourth-order valence-electron chi connectivity index (χ4n) is 5.96. The second-order valence-electron chi connectivity index (χ2n) is 12.6. The highest BCUT2D eigenvalue weighted by Gasteiger charge is 2.49. The number of hydrogen-bond donors (Lipinski definition) is 3. The summed E-state index contributed by atoms with van der Waals surface area (Å²) < 4.78 is 5.12. The Kier molecular flexibility index (Phi) is 11.9. The molecular weight excluding hydrogens is 699 g/mol. The van der Waals surface area contributed by atoms with Crippen LogP contribution in [0.25, 0.3) is 0 Å². The zero-order chi connectivity index (χ0) is 36.7. The largest absolute Gasteiger partial charge is 0.481 e. The van der Waals surface area contributed by atoms with E-state index in [0.717, 1.165) is 18.4 Å². The molecule has 0 aromatic heterocycles. The Hall–Kier alpha value is -5.07. The summed E-state index contributed by atoms with van der Waals surface area (Å²) in [5, 5.41) is 19.5. The maximum Gasteiger partial charge on any atom is 0.341 e. The minimum absolute atomic E-state index is 0.0000911. The van der Waals surface area contributed by atoms with Gasteiger partial charge in [0, 0.05) is 19.1 Å². The van der Waals surface area contributed by atoms with Crippen molar-refractivity contribution >= 4 is 70.4 Å². The first-order chi connectivity index (χ1) is 24.4. The van der Waals surface area contributed by atoms with Gasteiger partial charge in [0.25, 0.3) is 11.8 Å². The fraction of sp³-hybridized carbons (Fsp3) is 0.324. The summed E-state index contributed by atoms with van der Waals surface area (Å²) >= 11 is 12.2. The SMILES string of the molecule is CC(C)[C@H](NC(=O)c1cccc2c1N=CCC2)C1=NOC(Cc2ccccc2)(C(=O)N[C@@H](CC(=O)O)C(=O)COC(=O)c2c(Cl)cccc2Cl)C1. The molecule has 3 aromatic carbocycles. The van der Waals surface area contributed by atoms with Gasteiger partial charge in [-0.3, -0.25) is 24.2 Å². The zero-order valence-electron chi connectivity index (χ0n) is 27.9. The van der Waals surface area contributed by atoms with Crippen LogP contribution < -0.4 is 10.6 Å². The minimum Gasteiger partial charge on any atom is -0.481 e. The minimum atomic E-state index is -1.72. The molecule has 3 atom stereocenters. The van der Waals surface area contributed by atoms with Crippen molar-refractivity contribution in [3.05, 3.63) is 99.0 Å². The molecule has 0 saturated carbocycles. The quantitative estimate of drug-likeness (QED) is 0.181. The van der Waals surface area contributed by atoms with E-state index in [2.05, 4.69) is 20.8 Å². The summed E-state index contributed by atoms with van der Waals surface area (Å²) in [7, 11) is 0. The van der Waals surface area contributed by atoms with E-state index in [1.54, 1.807) is 36.5 Å². The van der Waals surface area contributed by atoms with Crippen LogP contribution in [0.2, 0.25) is 10.0 Å². The molecule has 3 N–H and O–H groups in total. The van der Waals surface area contributed by atoms with E-state index in [-0.39, 0.29) is 40.3 Å². The summed E-state index contributed by atoms with van der Waals surface area (Å²) in [5.74, 6) is -4.63. The van der Waals surface area contributed by atoms with E-state index in [1.165, 1.54) is 18.2 Å². The number of oxime groups is 1. The van der Waals surface area contributed by atoms with Crippen molar-refractivity contribution in [1.82, 2.24) is 10.6 Å². The molecule has 5 rings (SSSR count). The third-order valence-corrected chi connectivity index (χ3v) is 9.21. The Morgan fingerprint density at radius 1 is 0.961 bits per heavy atom. The number of aliphatic imine (C=N–C) groups is 1. The highest BCUT2D eigenvalue weighted by molar-refractivity contribution is 6.39. The number of hydrogen-bond acceptors (Lipinski definition) is 9. The maximum atomic E-state index is 14.2. The normalized spacial score (nSPS) is 17.4. The first-order valence-electron chi connectivity index (χ1n) is 16.3. The number of carboxylic acids is 1. The number of rotatable bonds is 14. The van der Waals surface area contributed by atoms with Crippen molar-refractivity contribution < 1.29 is 38.7 Å². The van der Waals surface area contributed by atoms with Gasteiger partial charge in [-0.05, 0) is 48.1 Å². The van der Waals surface area contributed by atoms with Gasteiger partial charge in [0.2, 0.25) is 5.60 Å². The lowest BCUT2D eigenvalue weighted by atomic mass is 9.84. The Bertz CT molecular complexity index is 1880. The number of esters is 1. The van der Waals surface area contributed by atoms with Crippen molar-refractivity contribution in [2.45, 2.75) is 63.6 Å². The van der Waals surface area contributed by atoms with Crippen molar-refractivity contribution in [2.24, 2.45) is 16.1 Å². The second kappa shape index (κ2) is 16.3. The number of carbonyl (C=O) groups is 5. The number of benzene rings is 3. The molecule has 51 heavy (non-hydrogen) atoms. The fourth-order valence-corrected chi connectivity index (χ4v) is 6.51. The number of carbonyl (C=O) groups excluding carboxylic acids is 4. The highest BCUT2D eigenvalue weighted by atomic mass is 35.5. The lowest BCUT2D eigenvalue weighted by molar-refractivity contribution is -0.148. The highest BCUT2D eigenvalue weighted by Crippen LogP contribution is 2.33. The van der Waals surface area contributed by atoms with Gasteiger partial charge in [0.15, 0.2) is 12.4 Å². The second-order valence-corrected chi connectivity index (χ2v) is 13.4. The lowest BCUT2D eigenvalue weighted by Crippen LogP contribution is -2.55. The number of Topliss-reactive ketones (excluding diaryl/α,β-unsaturated/α-hetero) is 1. The van der Waals surface area contributed by atoms with Crippen molar-refractivity contribution in [1.29, 1.82) is 0 Å². The molecule has 0 aliphatic carbocycles. The molecule has 3 aromatic rings. The van der Waals surface area contributed by atoms with E-state index >= 15 is 0 Å². The molecule has 2 aliphatic rings. The summed E-state index contributed by atoms with van der Waals surface area (Å²) in [6, 6.07) is 16.5. The van der Waals surface area contributed by atoms with E-state index in [0.29, 0.717) is 22.5 Å². The van der Waals surface area contributed by atoms with Crippen LogP contribution in [-0.4, -0.2) is 70.9 Å². The number of aliphatic carboxylic acids is 1. The molecule has 0 saturated heterocycles. The third kappa shape index (κ3) is 8.81. The number of ketones is 1. The number of halogens is 2. The number of ether oxygens (including phenoxy) is 1. The molecular formula is C37H36Cl2N4O8. The summed E-state index contributed by atoms with van der Waals surface area (Å²) in [6.07, 6.45) is 2.45. The van der Waals surface area contributed by atoms with E-state index < -0.39 is 54.3 Å². The molecule has 12 nitrogen and oxygen atoms in total. The first-order valence-corrected chi connectivity index (χ1v) is 17.0. The summed E-state index contributed by atoms with van der Waals surface area (Å²) in [6.45, 7) is 2.91. The van der Waals surface area contributed by atoms with Crippen LogP contribution in [0.1, 0.15) is 65.0 Å². The molecule has 1 unspecified atom stereocenters. The van der Waals surface area contributed by atoms with E-state index in [1.807, 2.05) is 32.0 Å². The zero-order valence-corrected chi connectivity index (χ0v) is 29.4. The predicted molar refractivity (Wildman–Crippen MR) is 191 cm³/mol. The number of nitrogens with zero attached hydrogens (tertiary/aromatic N) is 2. The van der Waals surface area contributed by atoms with Crippen LogP contribution in [0.5, 0.6) is 0 Å². The van der Waals surface area contributed by atoms with Crippen LogP contribution in [0.15, 0.2) is 76.9 Å². The topological polar surface area (TPSA) is 173 Å². The number of fused-ring (bicyclic) bond motifs is 1. The van der Waals surface area contributed by atoms with Gasteiger partial charge in [-0.2, -0.15) is 0 Å². The summed E-state index contributed by atoms with van der Waals surface area (Å²) in [5.41, 5.74) is 1.20. The van der Waals surface area contributed by atoms with Crippen LogP contribution in [0, 0.1) is 5.92 Å².